The number of unbranched alkanes of at least 4 members (excludes halogenated alkanes) is 27. The summed E-state index contributed by atoms with van der Waals surface area (Å²) in [7, 11) is 0. The van der Waals surface area contributed by atoms with Crippen LogP contribution in [-0.2, 0) is 14.3 Å². The number of carbonyl (C=O) groups excluding carboxylic acids is 2. The number of aliphatic hydroxyl groups is 2. The molecule has 60 heavy (non-hydrogen) atoms. The molecule has 3 N–H and O–H groups in total. The van der Waals surface area contributed by atoms with Crippen LogP contribution in [0.4, 0.5) is 0 Å². The minimum Gasteiger partial charge on any atom is -0.462 e. The molecule has 6 heteroatoms. The second kappa shape index (κ2) is 47.6. The molecule has 0 aliphatic heterocycles. The molecule has 348 valence electrons. The van der Waals surface area contributed by atoms with Crippen LogP contribution < -0.4 is 5.32 Å². The summed E-state index contributed by atoms with van der Waals surface area (Å²) in [5.41, 5.74) is 0. The molecule has 3 unspecified atom stereocenters. The largest absolute Gasteiger partial charge is 0.462 e. The van der Waals surface area contributed by atoms with Gasteiger partial charge in [-0.3, -0.25) is 9.59 Å². The van der Waals surface area contributed by atoms with Gasteiger partial charge in [0.05, 0.1) is 25.2 Å². The van der Waals surface area contributed by atoms with Crippen LogP contribution in [0.2, 0.25) is 0 Å². The number of carbonyl (C=O) groups is 2. The molecule has 6 nitrogen and oxygen atoms in total. The van der Waals surface area contributed by atoms with Gasteiger partial charge in [-0.15, -0.1) is 0 Å². The fraction of sp³-hybridized carbons (Fsp3) is 0.778. The maximum atomic E-state index is 13.2. The van der Waals surface area contributed by atoms with Gasteiger partial charge < -0.3 is 20.3 Å². The first-order chi connectivity index (χ1) is 29.5. The number of allylic oxidation sites excluding steroid dienone is 10. The van der Waals surface area contributed by atoms with E-state index < -0.39 is 18.2 Å². The minimum absolute atomic E-state index is 0.0502. The summed E-state index contributed by atoms with van der Waals surface area (Å²) < 4.78 is 5.89. The van der Waals surface area contributed by atoms with Gasteiger partial charge in [0.2, 0.25) is 5.91 Å². The molecule has 0 aromatic heterocycles. The second-order valence-electron chi connectivity index (χ2n) is 17.3. The zero-order chi connectivity index (χ0) is 43.8. The Morgan fingerprint density at radius 1 is 0.500 bits per heavy atom. The highest BCUT2D eigenvalue weighted by Gasteiger charge is 2.24. The predicted octanol–water partition coefficient (Wildman–Crippen LogP) is 15.2. The molecule has 1 amide bonds. The van der Waals surface area contributed by atoms with Crippen molar-refractivity contribution in [1.29, 1.82) is 0 Å². The van der Waals surface area contributed by atoms with Gasteiger partial charge in [0.1, 0.15) is 6.10 Å². The van der Waals surface area contributed by atoms with Crippen molar-refractivity contribution < 1.29 is 24.5 Å². The molecule has 0 spiro atoms. The average Bonchev–Trinajstić information content (AvgIpc) is 3.24. The molecular weight excluding hydrogens is 743 g/mol. The van der Waals surface area contributed by atoms with Crippen molar-refractivity contribution in [3.05, 3.63) is 60.8 Å². The summed E-state index contributed by atoms with van der Waals surface area (Å²) >= 11 is 0. The number of esters is 1. The third-order valence-electron chi connectivity index (χ3n) is 11.5. The Kier molecular flexibility index (Phi) is 45.7. The zero-order valence-electron chi connectivity index (χ0n) is 39.6. The molecule has 0 aliphatic carbocycles. The lowest BCUT2D eigenvalue weighted by Crippen LogP contribution is -2.46. The Morgan fingerprint density at radius 3 is 1.30 bits per heavy atom. The van der Waals surface area contributed by atoms with Crippen LogP contribution in [0.15, 0.2) is 60.8 Å². The Labute approximate surface area is 371 Å². The molecule has 0 saturated heterocycles. The van der Waals surface area contributed by atoms with Gasteiger partial charge in [-0.25, -0.2) is 0 Å². The highest BCUT2D eigenvalue weighted by atomic mass is 16.5. The lowest BCUT2D eigenvalue weighted by molar-refractivity contribution is -0.151. The van der Waals surface area contributed by atoms with Gasteiger partial charge in [0, 0.05) is 6.42 Å². The van der Waals surface area contributed by atoms with Gasteiger partial charge in [-0.1, -0.05) is 255 Å². The highest BCUT2D eigenvalue weighted by Crippen LogP contribution is 2.18. The fourth-order valence-corrected chi connectivity index (χ4v) is 7.64. The van der Waals surface area contributed by atoms with Crippen molar-refractivity contribution in [1.82, 2.24) is 5.32 Å². The van der Waals surface area contributed by atoms with Crippen LogP contribution in [0.3, 0.4) is 0 Å². The van der Waals surface area contributed by atoms with Gasteiger partial charge in [-0.2, -0.15) is 0 Å². The van der Waals surface area contributed by atoms with Gasteiger partial charge in [0.25, 0.3) is 0 Å². The summed E-state index contributed by atoms with van der Waals surface area (Å²) in [4.78, 5) is 26.1. The Morgan fingerprint density at radius 2 is 0.883 bits per heavy atom. The second-order valence-corrected chi connectivity index (χ2v) is 17.3. The maximum Gasteiger partial charge on any atom is 0.306 e. The van der Waals surface area contributed by atoms with E-state index in [-0.39, 0.29) is 24.9 Å². The summed E-state index contributed by atoms with van der Waals surface area (Å²) in [5, 5.41) is 23.7. The van der Waals surface area contributed by atoms with Crippen LogP contribution in [0.5, 0.6) is 0 Å². The van der Waals surface area contributed by atoms with Crippen LogP contribution in [0, 0.1) is 0 Å². The first-order valence-electron chi connectivity index (χ1n) is 25.6. The van der Waals surface area contributed by atoms with E-state index in [1.54, 1.807) is 0 Å². The minimum atomic E-state index is -0.799. The number of ether oxygens (including phenoxy) is 1. The number of amides is 1. The molecule has 0 aliphatic rings. The Balaban J connectivity index is 4.66. The maximum absolute atomic E-state index is 13.2. The first-order valence-corrected chi connectivity index (χ1v) is 25.6. The van der Waals surface area contributed by atoms with Crippen LogP contribution in [0.25, 0.3) is 0 Å². The van der Waals surface area contributed by atoms with E-state index in [9.17, 15) is 19.8 Å². The molecule has 3 atom stereocenters. The van der Waals surface area contributed by atoms with Crippen molar-refractivity contribution in [3.8, 4) is 0 Å². The van der Waals surface area contributed by atoms with E-state index in [1.165, 1.54) is 141 Å². The van der Waals surface area contributed by atoms with Gasteiger partial charge >= 0.3 is 5.97 Å². The number of nitrogens with one attached hydrogen (secondary N) is 1. The van der Waals surface area contributed by atoms with Crippen LogP contribution in [-0.4, -0.2) is 46.9 Å². The van der Waals surface area contributed by atoms with Crippen LogP contribution >= 0.6 is 0 Å². The topological polar surface area (TPSA) is 95.9 Å². The Bertz CT molecular complexity index is 1080. The summed E-state index contributed by atoms with van der Waals surface area (Å²) in [5.74, 6) is -0.556. The Hall–Kier alpha value is -2.44. The third-order valence-corrected chi connectivity index (χ3v) is 11.5. The molecule has 0 heterocycles. The van der Waals surface area contributed by atoms with E-state index in [0.29, 0.717) is 25.7 Å². The highest BCUT2D eigenvalue weighted by molar-refractivity contribution is 5.77. The van der Waals surface area contributed by atoms with Gasteiger partial charge in [0.15, 0.2) is 0 Å². The van der Waals surface area contributed by atoms with Crippen molar-refractivity contribution in [2.45, 2.75) is 264 Å². The summed E-state index contributed by atoms with van der Waals surface area (Å²) in [6.45, 7) is 6.33. The number of hydrogen-bond acceptors (Lipinski definition) is 5. The fourth-order valence-electron chi connectivity index (χ4n) is 7.64. The van der Waals surface area contributed by atoms with E-state index in [0.717, 1.165) is 51.4 Å². The van der Waals surface area contributed by atoms with E-state index >= 15 is 0 Å². The molecule has 0 fully saturated rings. The lowest BCUT2D eigenvalue weighted by Gasteiger charge is -2.24. The average molecular weight is 840 g/mol. The third kappa shape index (κ3) is 42.3. The lowest BCUT2D eigenvalue weighted by atomic mass is 10.0. The van der Waals surface area contributed by atoms with E-state index in [2.05, 4.69) is 38.2 Å². The molecule has 0 aromatic rings. The molecule has 0 radical (unpaired) electrons. The number of aliphatic hydroxyl groups excluding tert-OH is 2. The SMILES string of the molecule is CC/C=C/C=C/C=C\C=C/C=C/CCCC(=O)OC(CCCCCCCCCCCCCCCCC)CC(=O)NC(CO)C(O)CCCCCCCCCCCCCCC. The van der Waals surface area contributed by atoms with Crippen molar-refractivity contribution in [3.63, 3.8) is 0 Å². The molecule has 0 saturated carbocycles. The number of rotatable bonds is 45. The zero-order valence-corrected chi connectivity index (χ0v) is 39.6. The van der Waals surface area contributed by atoms with Crippen molar-refractivity contribution in [2.24, 2.45) is 0 Å². The van der Waals surface area contributed by atoms with E-state index in [4.69, 9.17) is 4.74 Å². The first kappa shape index (κ1) is 57.6. The van der Waals surface area contributed by atoms with Gasteiger partial charge in [-0.05, 0) is 38.5 Å². The quantitative estimate of drug-likeness (QED) is 0.0322. The predicted molar refractivity (Wildman–Crippen MR) is 259 cm³/mol. The van der Waals surface area contributed by atoms with E-state index in [1.807, 2.05) is 48.6 Å². The summed E-state index contributed by atoms with van der Waals surface area (Å²) in [6.07, 6.45) is 58.5. The number of hydrogen-bond donors (Lipinski definition) is 3. The van der Waals surface area contributed by atoms with Crippen LogP contribution in [0.1, 0.15) is 245 Å². The normalized spacial score (nSPS) is 13.8. The summed E-state index contributed by atoms with van der Waals surface area (Å²) in [6, 6.07) is -0.715. The standard InChI is InChI=1S/C54H97NO5/c1-4-7-10-13-16-19-22-25-26-29-30-33-36-39-42-45-50(60-54(59)47-44-41-38-35-32-28-24-21-18-15-12-9-6-3)48-53(58)55-51(49-56)52(57)46-43-40-37-34-31-27-23-20-17-14-11-8-5-2/h9,12,15,18,21,24,28,32,35,38,50-52,56-57H,4-8,10-11,13-14,16-17,19-20,22-23,25-27,29-31,33-34,36-37,39-49H2,1-3H3,(H,55,58)/b12-9+,18-15+,24-21-,32-28-,38-35+. The van der Waals surface area contributed by atoms with Crippen molar-refractivity contribution in [2.75, 3.05) is 6.61 Å². The molecule has 0 bridgehead atoms. The van der Waals surface area contributed by atoms with Crippen molar-refractivity contribution >= 4 is 11.9 Å². The molecular formula is C54H97NO5. The molecule has 0 aromatic carbocycles. The molecule has 0 rings (SSSR count). The monoisotopic (exact) mass is 840 g/mol. The smallest absolute Gasteiger partial charge is 0.306 e.